The highest BCUT2D eigenvalue weighted by atomic mass is 15.0. The van der Waals surface area contributed by atoms with Gasteiger partial charge in [0.15, 0.2) is 0 Å². The molecule has 0 saturated heterocycles. The molecule has 0 saturated carbocycles. The van der Waals surface area contributed by atoms with Gasteiger partial charge >= 0.3 is 0 Å². The lowest BCUT2D eigenvalue weighted by molar-refractivity contribution is 0.956. The van der Waals surface area contributed by atoms with E-state index in [2.05, 4.69) is 53.4 Å². The largest absolute Gasteiger partial charge is 0.370 e. The maximum Gasteiger partial charge on any atom is 0.135 e. The first-order chi connectivity index (χ1) is 8.29. The van der Waals surface area contributed by atoms with Crippen molar-refractivity contribution in [2.75, 3.05) is 11.9 Å². The predicted octanol–water partition coefficient (Wildman–Crippen LogP) is 2.81. The van der Waals surface area contributed by atoms with Gasteiger partial charge in [0, 0.05) is 19.2 Å². The smallest absolute Gasteiger partial charge is 0.135 e. The first-order valence-corrected chi connectivity index (χ1v) is 5.90. The Kier molecular flexibility index (Phi) is 3.70. The average Bonchev–Trinajstić information content (AvgIpc) is 2.33. The van der Waals surface area contributed by atoms with E-state index in [0.717, 1.165) is 24.6 Å². The first-order valence-electron chi connectivity index (χ1n) is 5.90. The third-order valence-electron chi connectivity index (χ3n) is 2.67. The van der Waals surface area contributed by atoms with Gasteiger partial charge in [-0.3, -0.25) is 0 Å². The zero-order valence-corrected chi connectivity index (χ0v) is 10.3. The zero-order chi connectivity index (χ0) is 12.1. The van der Waals surface area contributed by atoms with Crippen molar-refractivity contribution in [2.24, 2.45) is 0 Å². The molecule has 0 fully saturated rings. The molecule has 1 heterocycles. The van der Waals surface area contributed by atoms with Crippen molar-refractivity contribution in [1.82, 2.24) is 9.97 Å². The Labute approximate surface area is 102 Å². The summed E-state index contributed by atoms with van der Waals surface area (Å²) in [5.41, 5.74) is 2.56. The Morgan fingerprint density at radius 3 is 2.76 bits per heavy atom. The molecule has 0 spiro atoms. The number of hydrogen-bond donors (Lipinski definition) is 1. The normalized spacial score (nSPS) is 10.2. The fraction of sp³-hybridized carbons (Fsp3) is 0.286. The maximum absolute atomic E-state index is 4.48. The summed E-state index contributed by atoms with van der Waals surface area (Å²) in [6.45, 7) is 5.05. The molecule has 0 atom stereocenters. The van der Waals surface area contributed by atoms with Gasteiger partial charge in [0.05, 0.1) is 0 Å². The van der Waals surface area contributed by atoms with E-state index in [4.69, 9.17) is 0 Å². The van der Waals surface area contributed by atoms with Crippen LogP contribution in [0.4, 0.5) is 5.82 Å². The molecule has 0 aliphatic rings. The van der Waals surface area contributed by atoms with E-state index in [1.165, 1.54) is 11.1 Å². The summed E-state index contributed by atoms with van der Waals surface area (Å²) in [5, 5.41) is 3.20. The maximum atomic E-state index is 4.48. The average molecular weight is 227 g/mol. The van der Waals surface area contributed by atoms with E-state index in [1.54, 1.807) is 6.20 Å². The van der Waals surface area contributed by atoms with Crippen LogP contribution in [0.15, 0.2) is 36.5 Å². The second kappa shape index (κ2) is 5.43. The van der Waals surface area contributed by atoms with Gasteiger partial charge in [-0.25, -0.2) is 9.97 Å². The van der Waals surface area contributed by atoms with Crippen molar-refractivity contribution in [3.8, 4) is 0 Å². The van der Waals surface area contributed by atoms with E-state index in [1.807, 2.05) is 6.07 Å². The van der Waals surface area contributed by atoms with Gasteiger partial charge in [-0.2, -0.15) is 0 Å². The number of nitrogens with zero attached hydrogens (tertiary/aromatic N) is 2. The molecule has 2 rings (SSSR count). The van der Waals surface area contributed by atoms with Crippen molar-refractivity contribution in [3.05, 3.63) is 53.5 Å². The summed E-state index contributed by atoms with van der Waals surface area (Å²) in [6.07, 6.45) is 2.59. The molecule has 0 aliphatic carbocycles. The molecule has 0 aliphatic heterocycles. The van der Waals surface area contributed by atoms with E-state index in [9.17, 15) is 0 Å². The molecule has 17 heavy (non-hydrogen) atoms. The highest BCUT2D eigenvalue weighted by Gasteiger charge is 2.02. The Morgan fingerprint density at radius 1 is 1.18 bits per heavy atom. The standard InChI is InChI=1S/C14H17N3/c1-3-15-13-8-9-16-14(17-13)10-12-7-5-4-6-11(12)2/h4-9H,3,10H2,1-2H3,(H,15,16,17). The van der Waals surface area contributed by atoms with E-state index >= 15 is 0 Å². The zero-order valence-electron chi connectivity index (χ0n) is 10.3. The molecular weight excluding hydrogens is 210 g/mol. The summed E-state index contributed by atoms with van der Waals surface area (Å²) in [7, 11) is 0. The molecule has 0 amide bonds. The van der Waals surface area contributed by atoms with E-state index in [-0.39, 0.29) is 0 Å². The van der Waals surface area contributed by atoms with Gasteiger partial charge < -0.3 is 5.32 Å². The molecule has 0 unspecified atom stereocenters. The lowest BCUT2D eigenvalue weighted by Gasteiger charge is -2.06. The van der Waals surface area contributed by atoms with Crippen molar-refractivity contribution < 1.29 is 0 Å². The van der Waals surface area contributed by atoms with Crippen LogP contribution < -0.4 is 5.32 Å². The second-order valence-corrected chi connectivity index (χ2v) is 3.99. The molecule has 1 aromatic carbocycles. The van der Waals surface area contributed by atoms with Crippen molar-refractivity contribution in [1.29, 1.82) is 0 Å². The third kappa shape index (κ3) is 3.03. The number of benzene rings is 1. The Balaban J connectivity index is 2.18. The Hall–Kier alpha value is -1.90. The lowest BCUT2D eigenvalue weighted by Crippen LogP contribution is -2.03. The SMILES string of the molecule is CCNc1ccnc(Cc2ccccc2C)n1. The van der Waals surface area contributed by atoms with Crippen molar-refractivity contribution in [3.63, 3.8) is 0 Å². The van der Waals surface area contributed by atoms with Gasteiger partial charge in [-0.05, 0) is 31.0 Å². The highest BCUT2D eigenvalue weighted by Crippen LogP contribution is 2.12. The fourth-order valence-corrected chi connectivity index (χ4v) is 1.74. The highest BCUT2D eigenvalue weighted by molar-refractivity contribution is 5.34. The molecule has 3 nitrogen and oxygen atoms in total. The first kappa shape index (κ1) is 11.6. The molecule has 1 aromatic heterocycles. The number of nitrogens with one attached hydrogen (secondary N) is 1. The van der Waals surface area contributed by atoms with Crippen LogP contribution in [0.3, 0.4) is 0 Å². The van der Waals surface area contributed by atoms with Crippen LogP contribution in [0.2, 0.25) is 0 Å². The van der Waals surface area contributed by atoms with Gasteiger partial charge in [-0.1, -0.05) is 24.3 Å². The predicted molar refractivity (Wildman–Crippen MR) is 70.2 cm³/mol. The van der Waals surface area contributed by atoms with Gasteiger partial charge in [0.1, 0.15) is 11.6 Å². The summed E-state index contributed by atoms with van der Waals surface area (Å²) in [5.74, 6) is 1.75. The molecule has 3 heteroatoms. The quantitative estimate of drug-likeness (QED) is 0.872. The van der Waals surface area contributed by atoms with Gasteiger partial charge in [0.25, 0.3) is 0 Å². The van der Waals surface area contributed by atoms with Crippen molar-refractivity contribution in [2.45, 2.75) is 20.3 Å². The van der Waals surface area contributed by atoms with Crippen LogP contribution >= 0.6 is 0 Å². The number of aryl methyl sites for hydroxylation is 1. The minimum Gasteiger partial charge on any atom is -0.370 e. The Bertz CT molecular complexity index is 494. The summed E-state index contributed by atoms with van der Waals surface area (Å²) >= 11 is 0. The van der Waals surface area contributed by atoms with Crippen molar-refractivity contribution >= 4 is 5.82 Å². The number of hydrogen-bond acceptors (Lipinski definition) is 3. The number of aromatic nitrogens is 2. The van der Waals surface area contributed by atoms with Crippen LogP contribution in [0.1, 0.15) is 23.9 Å². The molecule has 1 N–H and O–H groups in total. The fourth-order valence-electron chi connectivity index (χ4n) is 1.74. The monoisotopic (exact) mass is 227 g/mol. The van der Waals surface area contributed by atoms with Crippen LogP contribution in [0.25, 0.3) is 0 Å². The molecule has 88 valence electrons. The molecule has 2 aromatic rings. The van der Waals surface area contributed by atoms with Gasteiger partial charge in [-0.15, -0.1) is 0 Å². The summed E-state index contributed by atoms with van der Waals surface area (Å²) in [6, 6.07) is 10.2. The number of anilines is 1. The van der Waals surface area contributed by atoms with E-state index in [0.29, 0.717) is 0 Å². The number of rotatable bonds is 4. The molecule has 0 bridgehead atoms. The van der Waals surface area contributed by atoms with Crippen LogP contribution in [-0.2, 0) is 6.42 Å². The molecule has 0 radical (unpaired) electrons. The second-order valence-electron chi connectivity index (χ2n) is 3.99. The van der Waals surface area contributed by atoms with E-state index < -0.39 is 0 Å². The lowest BCUT2D eigenvalue weighted by atomic mass is 10.1. The van der Waals surface area contributed by atoms with Crippen LogP contribution in [0, 0.1) is 6.92 Å². The third-order valence-corrected chi connectivity index (χ3v) is 2.67. The summed E-state index contributed by atoms with van der Waals surface area (Å²) in [4.78, 5) is 8.78. The van der Waals surface area contributed by atoms with Crippen LogP contribution in [-0.4, -0.2) is 16.5 Å². The Morgan fingerprint density at radius 2 is 2.00 bits per heavy atom. The topological polar surface area (TPSA) is 37.8 Å². The molecular formula is C14H17N3. The summed E-state index contributed by atoms with van der Waals surface area (Å²) < 4.78 is 0. The van der Waals surface area contributed by atoms with Gasteiger partial charge in [0.2, 0.25) is 0 Å². The minimum absolute atomic E-state index is 0.784. The van der Waals surface area contributed by atoms with Crippen LogP contribution in [0.5, 0.6) is 0 Å². The minimum atomic E-state index is 0.784.